The Labute approximate surface area is 70.2 Å². The van der Waals surface area contributed by atoms with Crippen LogP contribution in [0.15, 0.2) is 0 Å². The van der Waals surface area contributed by atoms with E-state index in [-0.39, 0.29) is 18.8 Å². The highest BCUT2D eigenvalue weighted by Crippen LogP contribution is 2.32. The van der Waals surface area contributed by atoms with Gasteiger partial charge in [0.15, 0.2) is 0 Å². The fourth-order valence-corrected chi connectivity index (χ4v) is 1.19. The van der Waals surface area contributed by atoms with Crippen LogP contribution in [0.25, 0.3) is 0 Å². The van der Waals surface area contributed by atoms with Crippen LogP contribution in [0.3, 0.4) is 0 Å². The third kappa shape index (κ3) is 2.25. The largest absolute Gasteiger partial charge is 0.385 e. The fourth-order valence-electron chi connectivity index (χ4n) is 1.19. The Morgan fingerprint density at radius 2 is 2.00 bits per heavy atom. The molecule has 0 aromatic heterocycles. The van der Waals surface area contributed by atoms with Gasteiger partial charge in [0.1, 0.15) is 6.10 Å². The molecule has 2 atom stereocenters. The van der Waals surface area contributed by atoms with Crippen molar-refractivity contribution in [3.63, 3.8) is 0 Å². The molecule has 0 spiro atoms. The zero-order chi connectivity index (χ0) is 7.78. The number of alkyl halides is 2. The third-order valence-electron chi connectivity index (χ3n) is 1.89. The summed E-state index contributed by atoms with van der Waals surface area (Å²) in [5.74, 6) is -2.96. The van der Waals surface area contributed by atoms with E-state index >= 15 is 0 Å². The van der Waals surface area contributed by atoms with Crippen LogP contribution >= 0.6 is 12.4 Å². The van der Waals surface area contributed by atoms with E-state index in [1.165, 1.54) is 0 Å². The van der Waals surface area contributed by atoms with Crippen LogP contribution < -0.4 is 5.73 Å². The molecule has 0 radical (unpaired) electrons. The molecule has 0 aromatic carbocycles. The molecule has 1 saturated carbocycles. The number of aliphatic hydroxyl groups is 1. The van der Waals surface area contributed by atoms with E-state index in [1.807, 2.05) is 0 Å². The van der Waals surface area contributed by atoms with Gasteiger partial charge in [0.25, 0.3) is 5.92 Å². The molecule has 0 saturated heterocycles. The van der Waals surface area contributed by atoms with Gasteiger partial charge in [0, 0.05) is 12.5 Å². The van der Waals surface area contributed by atoms with Crippen molar-refractivity contribution in [2.45, 2.75) is 37.3 Å². The molecule has 68 valence electrons. The molecule has 1 fully saturated rings. The highest BCUT2D eigenvalue weighted by Gasteiger charge is 2.44. The molecule has 2 unspecified atom stereocenters. The number of halogens is 3. The maximum absolute atomic E-state index is 12.5. The van der Waals surface area contributed by atoms with Gasteiger partial charge in [-0.15, -0.1) is 12.4 Å². The average Bonchev–Trinajstić information content (AvgIpc) is 1.83. The van der Waals surface area contributed by atoms with Crippen LogP contribution in [0.1, 0.15) is 19.3 Å². The van der Waals surface area contributed by atoms with E-state index in [0.29, 0.717) is 12.8 Å². The van der Waals surface area contributed by atoms with Gasteiger partial charge in [0.05, 0.1) is 0 Å². The first kappa shape index (κ1) is 11.1. The Morgan fingerprint density at radius 1 is 1.45 bits per heavy atom. The molecular weight excluding hydrogens is 176 g/mol. The average molecular weight is 188 g/mol. The van der Waals surface area contributed by atoms with Gasteiger partial charge in [-0.25, -0.2) is 8.78 Å². The molecule has 1 aliphatic carbocycles. The van der Waals surface area contributed by atoms with Crippen LogP contribution in [0, 0.1) is 0 Å². The summed E-state index contributed by atoms with van der Waals surface area (Å²) in [6.45, 7) is 0. The first-order chi connectivity index (χ1) is 4.54. The fraction of sp³-hybridized carbons (Fsp3) is 1.00. The van der Waals surface area contributed by atoms with Gasteiger partial charge < -0.3 is 10.8 Å². The first-order valence-electron chi connectivity index (χ1n) is 3.35. The lowest BCUT2D eigenvalue weighted by atomic mass is 9.90. The maximum atomic E-state index is 12.5. The summed E-state index contributed by atoms with van der Waals surface area (Å²) in [6, 6.07) is -0.747. The minimum atomic E-state index is -2.96. The topological polar surface area (TPSA) is 46.2 Å². The number of rotatable bonds is 0. The molecule has 0 bridgehead atoms. The first-order valence-corrected chi connectivity index (χ1v) is 3.35. The molecule has 1 rings (SSSR count). The normalized spacial score (nSPS) is 36.0. The Hall–Kier alpha value is 0.0700. The second kappa shape index (κ2) is 3.65. The van der Waals surface area contributed by atoms with Gasteiger partial charge in [0.2, 0.25) is 0 Å². The van der Waals surface area contributed by atoms with E-state index < -0.39 is 18.1 Å². The summed E-state index contributed by atoms with van der Waals surface area (Å²) in [4.78, 5) is 0. The van der Waals surface area contributed by atoms with Crippen LogP contribution in [-0.4, -0.2) is 23.2 Å². The third-order valence-corrected chi connectivity index (χ3v) is 1.89. The van der Waals surface area contributed by atoms with Crippen LogP contribution in [-0.2, 0) is 0 Å². The zero-order valence-electron chi connectivity index (χ0n) is 5.96. The predicted octanol–water partition coefficient (Wildman–Crippen LogP) is 0.916. The molecule has 2 nitrogen and oxygen atoms in total. The Kier molecular flexibility index (Phi) is 3.67. The Balaban J connectivity index is 0.000001000. The Bertz CT molecular complexity index is 134. The number of nitrogens with two attached hydrogens (primary N) is 1. The van der Waals surface area contributed by atoms with Crippen molar-refractivity contribution >= 4 is 12.4 Å². The molecule has 1 aliphatic rings. The van der Waals surface area contributed by atoms with E-state index in [4.69, 9.17) is 10.8 Å². The van der Waals surface area contributed by atoms with Crippen LogP contribution in [0.5, 0.6) is 0 Å². The molecule has 5 heteroatoms. The molecule has 11 heavy (non-hydrogen) atoms. The van der Waals surface area contributed by atoms with Crippen molar-refractivity contribution in [1.82, 2.24) is 0 Å². The number of hydrogen-bond donors (Lipinski definition) is 2. The van der Waals surface area contributed by atoms with Crippen LogP contribution in [0.2, 0.25) is 0 Å². The lowest BCUT2D eigenvalue weighted by Crippen LogP contribution is -2.50. The predicted molar refractivity (Wildman–Crippen MR) is 40.0 cm³/mol. The quantitative estimate of drug-likeness (QED) is 0.593. The summed E-state index contributed by atoms with van der Waals surface area (Å²) in [5, 5.41) is 8.83. The van der Waals surface area contributed by atoms with Crippen LogP contribution in [0.4, 0.5) is 8.78 Å². The van der Waals surface area contributed by atoms with Gasteiger partial charge in [-0.3, -0.25) is 0 Å². The summed E-state index contributed by atoms with van der Waals surface area (Å²) >= 11 is 0. The van der Waals surface area contributed by atoms with Crippen molar-refractivity contribution in [3.8, 4) is 0 Å². The maximum Gasteiger partial charge on any atom is 0.274 e. The molecular formula is C6H12ClF2NO. The molecule has 0 aliphatic heterocycles. The molecule has 0 amide bonds. The molecule has 3 N–H and O–H groups in total. The summed E-state index contributed by atoms with van der Waals surface area (Å²) in [7, 11) is 0. The number of aliphatic hydroxyl groups excluding tert-OH is 1. The smallest absolute Gasteiger partial charge is 0.274 e. The van der Waals surface area contributed by atoms with Crippen molar-refractivity contribution in [2.24, 2.45) is 5.73 Å². The minimum absolute atomic E-state index is 0. The number of hydrogen-bond acceptors (Lipinski definition) is 2. The highest BCUT2D eigenvalue weighted by molar-refractivity contribution is 5.85. The standard InChI is InChI=1S/C6H11F2NO.ClH/c7-6(8)3-1-2-4(9)5(6)10;/h4-5,10H,1-3,9H2;1H. The van der Waals surface area contributed by atoms with E-state index in [2.05, 4.69) is 0 Å². The SMILES string of the molecule is Cl.NC1CCCC(F)(F)C1O. The second-order valence-electron chi connectivity index (χ2n) is 2.76. The summed E-state index contributed by atoms with van der Waals surface area (Å²) in [6.07, 6.45) is -0.967. The van der Waals surface area contributed by atoms with Crippen molar-refractivity contribution in [2.75, 3.05) is 0 Å². The van der Waals surface area contributed by atoms with Crippen molar-refractivity contribution < 1.29 is 13.9 Å². The van der Waals surface area contributed by atoms with Crippen molar-refractivity contribution in [3.05, 3.63) is 0 Å². The Morgan fingerprint density at radius 3 is 2.36 bits per heavy atom. The van der Waals surface area contributed by atoms with Gasteiger partial charge in [-0.1, -0.05) is 0 Å². The van der Waals surface area contributed by atoms with Gasteiger partial charge in [-0.05, 0) is 12.8 Å². The molecule has 0 heterocycles. The highest BCUT2D eigenvalue weighted by atomic mass is 35.5. The summed E-state index contributed by atoms with van der Waals surface area (Å²) < 4.78 is 25.0. The zero-order valence-corrected chi connectivity index (χ0v) is 6.78. The van der Waals surface area contributed by atoms with Crippen molar-refractivity contribution in [1.29, 1.82) is 0 Å². The minimum Gasteiger partial charge on any atom is -0.385 e. The van der Waals surface area contributed by atoms with Gasteiger partial charge in [-0.2, -0.15) is 0 Å². The summed E-state index contributed by atoms with van der Waals surface area (Å²) in [5.41, 5.74) is 5.22. The lowest BCUT2D eigenvalue weighted by Gasteiger charge is -2.31. The van der Waals surface area contributed by atoms with Gasteiger partial charge >= 0.3 is 0 Å². The second-order valence-corrected chi connectivity index (χ2v) is 2.76. The van der Waals surface area contributed by atoms with E-state index in [9.17, 15) is 8.78 Å². The molecule has 0 aromatic rings. The van der Waals surface area contributed by atoms with E-state index in [1.54, 1.807) is 0 Å². The van der Waals surface area contributed by atoms with E-state index in [0.717, 1.165) is 0 Å². The lowest BCUT2D eigenvalue weighted by molar-refractivity contribution is -0.138. The monoisotopic (exact) mass is 187 g/mol.